The number of hydrogen-bond donors (Lipinski definition) is 1. The third kappa shape index (κ3) is 3.14. The van der Waals surface area contributed by atoms with Crippen LogP contribution in [0.4, 0.5) is 0 Å². The van der Waals surface area contributed by atoms with E-state index in [1.54, 1.807) is 0 Å². The Kier molecular flexibility index (Phi) is 3.54. The zero-order valence-corrected chi connectivity index (χ0v) is 10.2. The number of nitrogens with zero attached hydrogens (tertiary/aromatic N) is 2. The molecule has 1 atom stereocenters. The molecule has 0 radical (unpaired) electrons. The molecule has 1 heterocycles. The summed E-state index contributed by atoms with van der Waals surface area (Å²) >= 11 is 0. The molecule has 4 nitrogen and oxygen atoms in total. The van der Waals surface area contributed by atoms with Crippen molar-refractivity contribution in [1.82, 2.24) is 10.2 Å². The number of aromatic nitrogens is 2. The van der Waals surface area contributed by atoms with Gasteiger partial charge in [0.05, 0.1) is 6.04 Å². The van der Waals surface area contributed by atoms with Gasteiger partial charge in [-0.05, 0) is 25.8 Å². The Hall–Kier alpha value is -1.68. The molecule has 2 rings (SSSR count). The van der Waals surface area contributed by atoms with E-state index in [9.17, 15) is 0 Å². The van der Waals surface area contributed by atoms with Crippen LogP contribution in [0.25, 0.3) is 0 Å². The van der Waals surface area contributed by atoms with Crippen LogP contribution in [-0.2, 0) is 12.8 Å². The van der Waals surface area contributed by atoms with Gasteiger partial charge in [0, 0.05) is 6.42 Å². The molecule has 0 bridgehead atoms. The van der Waals surface area contributed by atoms with E-state index < -0.39 is 0 Å². The lowest BCUT2D eigenvalue weighted by atomic mass is 10.1. The summed E-state index contributed by atoms with van der Waals surface area (Å²) in [6.45, 7) is 3.92. The van der Waals surface area contributed by atoms with Gasteiger partial charge in [0.2, 0.25) is 11.8 Å². The minimum atomic E-state index is -0.199. The van der Waals surface area contributed by atoms with Crippen molar-refractivity contribution in [3.05, 3.63) is 47.2 Å². The summed E-state index contributed by atoms with van der Waals surface area (Å²) in [5.41, 5.74) is 8.21. The number of aryl methyl sites for hydroxylation is 3. The molecule has 0 fully saturated rings. The predicted octanol–water partition coefficient (Wildman–Crippen LogP) is 2.18. The summed E-state index contributed by atoms with van der Waals surface area (Å²) in [5.74, 6) is 1.16. The largest absolute Gasteiger partial charge is 0.424 e. The predicted molar refractivity (Wildman–Crippen MR) is 65.5 cm³/mol. The van der Waals surface area contributed by atoms with Crippen molar-refractivity contribution in [3.8, 4) is 0 Å². The van der Waals surface area contributed by atoms with Gasteiger partial charge in [0.25, 0.3) is 0 Å². The average Bonchev–Trinajstić information content (AvgIpc) is 2.75. The summed E-state index contributed by atoms with van der Waals surface area (Å²) in [4.78, 5) is 0. The Morgan fingerprint density at radius 3 is 2.76 bits per heavy atom. The van der Waals surface area contributed by atoms with E-state index in [0.29, 0.717) is 11.8 Å². The fourth-order valence-corrected chi connectivity index (χ4v) is 1.67. The molecule has 0 saturated heterocycles. The molecule has 0 saturated carbocycles. The van der Waals surface area contributed by atoms with Crippen molar-refractivity contribution in [2.24, 2.45) is 5.73 Å². The van der Waals surface area contributed by atoms with Gasteiger partial charge in [0.15, 0.2) is 0 Å². The van der Waals surface area contributed by atoms with Crippen LogP contribution < -0.4 is 5.73 Å². The van der Waals surface area contributed by atoms with E-state index in [2.05, 4.69) is 41.4 Å². The molecule has 1 aromatic carbocycles. The van der Waals surface area contributed by atoms with Gasteiger partial charge in [0.1, 0.15) is 0 Å². The molecule has 2 aromatic rings. The van der Waals surface area contributed by atoms with Crippen LogP contribution >= 0.6 is 0 Å². The van der Waals surface area contributed by atoms with Gasteiger partial charge in [-0.25, -0.2) is 0 Å². The smallest absolute Gasteiger partial charge is 0.232 e. The molecule has 0 spiro atoms. The minimum Gasteiger partial charge on any atom is -0.424 e. The molecule has 0 amide bonds. The van der Waals surface area contributed by atoms with Gasteiger partial charge >= 0.3 is 0 Å². The van der Waals surface area contributed by atoms with Gasteiger partial charge < -0.3 is 10.2 Å². The Bertz CT molecular complexity index is 491. The first-order valence-electron chi connectivity index (χ1n) is 5.78. The zero-order chi connectivity index (χ0) is 12.3. The van der Waals surface area contributed by atoms with Crippen molar-refractivity contribution in [2.45, 2.75) is 32.7 Å². The van der Waals surface area contributed by atoms with E-state index in [0.717, 1.165) is 12.8 Å². The highest BCUT2D eigenvalue weighted by Gasteiger charge is 2.09. The van der Waals surface area contributed by atoms with E-state index in [1.807, 2.05) is 6.92 Å². The maximum atomic E-state index is 5.66. The van der Waals surface area contributed by atoms with Crippen LogP contribution in [0.1, 0.15) is 35.9 Å². The molecule has 2 N–H and O–H groups in total. The van der Waals surface area contributed by atoms with Crippen molar-refractivity contribution in [1.29, 1.82) is 0 Å². The van der Waals surface area contributed by atoms with E-state index in [-0.39, 0.29) is 6.04 Å². The highest BCUT2D eigenvalue weighted by molar-refractivity contribution is 5.22. The summed E-state index contributed by atoms with van der Waals surface area (Å²) in [6, 6.07) is 8.23. The maximum Gasteiger partial charge on any atom is 0.232 e. The van der Waals surface area contributed by atoms with Gasteiger partial charge in [-0.2, -0.15) is 0 Å². The zero-order valence-electron chi connectivity index (χ0n) is 10.2. The van der Waals surface area contributed by atoms with Crippen molar-refractivity contribution in [3.63, 3.8) is 0 Å². The number of benzene rings is 1. The molecule has 17 heavy (non-hydrogen) atoms. The van der Waals surface area contributed by atoms with Crippen molar-refractivity contribution < 1.29 is 4.42 Å². The third-order valence-corrected chi connectivity index (χ3v) is 2.58. The second kappa shape index (κ2) is 5.10. The first-order chi connectivity index (χ1) is 8.15. The lowest BCUT2D eigenvalue weighted by Gasteiger charge is -2.00. The van der Waals surface area contributed by atoms with Gasteiger partial charge in [-0.15, -0.1) is 10.2 Å². The highest BCUT2D eigenvalue weighted by Crippen LogP contribution is 2.11. The third-order valence-electron chi connectivity index (χ3n) is 2.58. The van der Waals surface area contributed by atoms with Crippen LogP contribution in [0.3, 0.4) is 0 Å². The number of nitrogens with two attached hydrogens (primary N) is 1. The SMILES string of the molecule is Cc1cccc(CCc2nnc(C(C)N)o2)c1. The Balaban J connectivity index is 1.97. The first-order valence-corrected chi connectivity index (χ1v) is 5.78. The molecule has 0 aliphatic heterocycles. The molecule has 1 aromatic heterocycles. The van der Waals surface area contributed by atoms with Crippen LogP contribution in [0, 0.1) is 6.92 Å². The Labute approximate surface area is 101 Å². The molecule has 4 heteroatoms. The summed E-state index contributed by atoms with van der Waals surface area (Å²) < 4.78 is 5.45. The average molecular weight is 231 g/mol. The molecule has 1 unspecified atom stereocenters. The minimum absolute atomic E-state index is 0.199. The summed E-state index contributed by atoms with van der Waals surface area (Å²) in [5, 5.41) is 7.88. The van der Waals surface area contributed by atoms with Gasteiger partial charge in [-0.1, -0.05) is 29.8 Å². The quantitative estimate of drug-likeness (QED) is 0.876. The van der Waals surface area contributed by atoms with E-state index in [1.165, 1.54) is 11.1 Å². The molecule has 0 aliphatic carbocycles. The fraction of sp³-hybridized carbons (Fsp3) is 0.385. The van der Waals surface area contributed by atoms with E-state index in [4.69, 9.17) is 10.2 Å². The first kappa shape index (κ1) is 11.8. The highest BCUT2D eigenvalue weighted by atomic mass is 16.4. The maximum absolute atomic E-state index is 5.66. The normalized spacial score (nSPS) is 12.6. The summed E-state index contributed by atoms with van der Waals surface area (Å²) in [7, 11) is 0. The lowest BCUT2D eigenvalue weighted by molar-refractivity contribution is 0.426. The molecule has 0 aliphatic rings. The molecular formula is C13H17N3O. The van der Waals surface area contributed by atoms with Crippen LogP contribution in [0.15, 0.2) is 28.7 Å². The number of hydrogen-bond acceptors (Lipinski definition) is 4. The monoisotopic (exact) mass is 231 g/mol. The molecule has 90 valence electrons. The van der Waals surface area contributed by atoms with Crippen LogP contribution in [0.2, 0.25) is 0 Å². The molecular weight excluding hydrogens is 214 g/mol. The standard InChI is InChI=1S/C13H17N3O/c1-9-4-3-5-11(8-9)6-7-12-15-16-13(17-12)10(2)14/h3-5,8,10H,6-7,14H2,1-2H3. The fourth-order valence-electron chi connectivity index (χ4n) is 1.67. The van der Waals surface area contributed by atoms with Crippen LogP contribution in [0.5, 0.6) is 0 Å². The number of rotatable bonds is 4. The van der Waals surface area contributed by atoms with Gasteiger partial charge in [-0.3, -0.25) is 0 Å². The van der Waals surface area contributed by atoms with Crippen molar-refractivity contribution in [2.75, 3.05) is 0 Å². The second-order valence-corrected chi connectivity index (χ2v) is 4.31. The second-order valence-electron chi connectivity index (χ2n) is 4.31. The van der Waals surface area contributed by atoms with Crippen molar-refractivity contribution >= 4 is 0 Å². The van der Waals surface area contributed by atoms with Crippen LogP contribution in [-0.4, -0.2) is 10.2 Å². The van der Waals surface area contributed by atoms with E-state index >= 15 is 0 Å². The lowest BCUT2D eigenvalue weighted by Crippen LogP contribution is -2.04. The Morgan fingerprint density at radius 2 is 2.12 bits per heavy atom. The Morgan fingerprint density at radius 1 is 1.29 bits per heavy atom. The topological polar surface area (TPSA) is 64.9 Å². The summed E-state index contributed by atoms with van der Waals surface area (Å²) in [6.07, 6.45) is 1.66.